The second-order valence-corrected chi connectivity index (χ2v) is 6.34. The van der Waals surface area contributed by atoms with E-state index in [1.165, 1.54) is 5.56 Å². The van der Waals surface area contributed by atoms with Crippen molar-refractivity contribution in [1.82, 2.24) is 15.5 Å². The minimum Gasteiger partial charge on any atom is -0.352 e. The molecule has 114 valence electrons. The lowest BCUT2D eigenvalue weighted by Crippen LogP contribution is -2.37. The first kappa shape index (κ1) is 14.5. The van der Waals surface area contributed by atoms with Crippen LogP contribution in [0.4, 0.5) is 0 Å². The van der Waals surface area contributed by atoms with Gasteiger partial charge in [-0.3, -0.25) is 9.69 Å². The smallest absolute Gasteiger partial charge is 0.220 e. The van der Waals surface area contributed by atoms with Crippen LogP contribution in [0.5, 0.6) is 0 Å². The molecule has 2 aliphatic rings. The van der Waals surface area contributed by atoms with Crippen LogP contribution in [0.1, 0.15) is 24.8 Å². The van der Waals surface area contributed by atoms with Gasteiger partial charge in [-0.25, -0.2) is 0 Å². The van der Waals surface area contributed by atoms with Crippen molar-refractivity contribution in [1.29, 1.82) is 0 Å². The van der Waals surface area contributed by atoms with E-state index in [1.54, 1.807) is 0 Å². The highest BCUT2D eigenvalue weighted by molar-refractivity contribution is 5.76. The molecule has 4 heteroatoms. The van der Waals surface area contributed by atoms with Crippen LogP contribution in [0.25, 0.3) is 0 Å². The van der Waals surface area contributed by atoms with Crippen LogP contribution in [0.2, 0.25) is 0 Å². The maximum Gasteiger partial charge on any atom is 0.220 e. The lowest BCUT2D eigenvalue weighted by molar-refractivity contribution is -0.122. The summed E-state index contributed by atoms with van der Waals surface area (Å²) in [5, 5.41) is 6.53. The van der Waals surface area contributed by atoms with Gasteiger partial charge < -0.3 is 10.6 Å². The van der Waals surface area contributed by atoms with Gasteiger partial charge in [-0.1, -0.05) is 30.3 Å². The number of nitrogens with one attached hydrogen (secondary N) is 2. The molecule has 2 heterocycles. The summed E-state index contributed by atoms with van der Waals surface area (Å²) >= 11 is 0. The standard InChI is InChI=1S/C17H25N3O/c21-17(10-15-6-8-18-11-15)19-16-7-9-20(13-16)12-14-4-2-1-3-5-14/h1-5,15-16,18H,6-13H2,(H,19,21). The quantitative estimate of drug-likeness (QED) is 0.860. The molecule has 1 aromatic carbocycles. The van der Waals surface area contributed by atoms with Gasteiger partial charge in [0.05, 0.1) is 0 Å². The molecule has 2 aliphatic heterocycles. The monoisotopic (exact) mass is 287 g/mol. The van der Waals surface area contributed by atoms with E-state index >= 15 is 0 Å². The van der Waals surface area contributed by atoms with E-state index in [1.807, 2.05) is 6.07 Å². The summed E-state index contributed by atoms with van der Waals surface area (Å²) in [6, 6.07) is 10.9. The second-order valence-electron chi connectivity index (χ2n) is 6.34. The third-order valence-corrected chi connectivity index (χ3v) is 4.52. The Bertz CT molecular complexity index is 456. The van der Waals surface area contributed by atoms with Crippen LogP contribution in [0, 0.1) is 5.92 Å². The Kier molecular flexibility index (Phi) is 4.88. The molecule has 2 unspecified atom stereocenters. The van der Waals surface area contributed by atoms with Crippen molar-refractivity contribution in [2.45, 2.75) is 31.8 Å². The number of likely N-dealkylation sites (tertiary alicyclic amines) is 1. The van der Waals surface area contributed by atoms with Gasteiger partial charge in [0.25, 0.3) is 0 Å². The van der Waals surface area contributed by atoms with E-state index in [9.17, 15) is 4.79 Å². The maximum atomic E-state index is 12.1. The average molecular weight is 287 g/mol. The van der Waals surface area contributed by atoms with Crippen molar-refractivity contribution in [3.63, 3.8) is 0 Å². The van der Waals surface area contributed by atoms with Gasteiger partial charge in [0.2, 0.25) is 5.91 Å². The average Bonchev–Trinajstić information content (AvgIpc) is 3.12. The molecule has 2 fully saturated rings. The number of benzene rings is 1. The Morgan fingerprint density at radius 3 is 2.90 bits per heavy atom. The summed E-state index contributed by atoms with van der Waals surface area (Å²) < 4.78 is 0. The van der Waals surface area contributed by atoms with Crippen molar-refractivity contribution in [2.75, 3.05) is 26.2 Å². The second kappa shape index (κ2) is 7.05. The third-order valence-electron chi connectivity index (χ3n) is 4.52. The normalized spacial score (nSPS) is 26.1. The highest BCUT2D eigenvalue weighted by Gasteiger charge is 2.25. The predicted octanol–water partition coefficient (Wildman–Crippen LogP) is 1.38. The predicted molar refractivity (Wildman–Crippen MR) is 83.9 cm³/mol. The van der Waals surface area contributed by atoms with Crippen LogP contribution >= 0.6 is 0 Å². The van der Waals surface area contributed by atoms with Gasteiger partial charge in [-0.15, -0.1) is 0 Å². The number of nitrogens with zero attached hydrogens (tertiary/aromatic N) is 1. The van der Waals surface area contributed by atoms with Crippen LogP contribution < -0.4 is 10.6 Å². The minimum atomic E-state index is 0.232. The lowest BCUT2D eigenvalue weighted by Gasteiger charge is -2.17. The van der Waals surface area contributed by atoms with Gasteiger partial charge in [-0.2, -0.15) is 0 Å². The maximum absolute atomic E-state index is 12.1. The van der Waals surface area contributed by atoms with Crippen molar-refractivity contribution >= 4 is 5.91 Å². The molecule has 4 nitrogen and oxygen atoms in total. The zero-order valence-corrected chi connectivity index (χ0v) is 12.6. The summed E-state index contributed by atoms with van der Waals surface area (Å²) in [5.41, 5.74) is 1.35. The third kappa shape index (κ3) is 4.29. The van der Waals surface area contributed by atoms with Crippen molar-refractivity contribution in [3.8, 4) is 0 Å². The van der Waals surface area contributed by atoms with Crippen LogP contribution in [0.3, 0.4) is 0 Å². The van der Waals surface area contributed by atoms with Gasteiger partial charge in [0.1, 0.15) is 0 Å². The molecule has 0 aliphatic carbocycles. The molecule has 2 N–H and O–H groups in total. The highest BCUT2D eigenvalue weighted by Crippen LogP contribution is 2.15. The first-order valence-corrected chi connectivity index (χ1v) is 8.06. The minimum absolute atomic E-state index is 0.232. The Labute approximate surface area is 126 Å². The zero-order valence-electron chi connectivity index (χ0n) is 12.6. The molecule has 2 saturated heterocycles. The molecule has 0 aromatic heterocycles. The molecular formula is C17H25N3O. The molecule has 0 radical (unpaired) electrons. The topological polar surface area (TPSA) is 44.4 Å². The Morgan fingerprint density at radius 2 is 2.14 bits per heavy atom. The number of hydrogen-bond donors (Lipinski definition) is 2. The molecule has 1 aromatic rings. The molecular weight excluding hydrogens is 262 g/mol. The summed E-state index contributed by atoms with van der Waals surface area (Å²) in [7, 11) is 0. The molecule has 3 rings (SSSR count). The largest absolute Gasteiger partial charge is 0.352 e. The van der Waals surface area contributed by atoms with Crippen LogP contribution in [-0.2, 0) is 11.3 Å². The summed E-state index contributed by atoms with van der Waals surface area (Å²) in [5.74, 6) is 0.766. The molecule has 1 amide bonds. The van der Waals surface area contributed by atoms with Gasteiger partial charge >= 0.3 is 0 Å². The van der Waals surface area contributed by atoms with E-state index < -0.39 is 0 Å². The lowest BCUT2D eigenvalue weighted by atomic mass is 10.0. The molecule has 0 spiro atoms. The van der Waals surface area contributed by atoms with E-state index in [0.29, 0.717) is 18.4 Å². The fourth-order valence-corrected chi connectivity index (χ4v) is 3.37. The summed E-state index contributed by atoms with van der Waals surface area (Å²) in [4.78, 5) is 14.5. The van der Waals surface area contributed by atoms with E-state index in [-0.39, 0.29) is 5.91 Å². The molecule has 0 bridgehead atoms. The van der Waals surface area contributed by atoms with Crippen molar-refractivity contribution in [3.05, 3.63) is 35.9 Å². The zero-order chi connectivity index (χ0) is 14.5. The Balaban J connectivity index is 1.41. The van der Waals surface area contributed by atoms with Gasteiger partial charge in [0, 0.05) is 32.1 Å². The first-order chi connectivity index (χ1) is 10.3. The Morgan fingerprint density at radius 1 is 1.29 bits per heavy atom. The van der Waals surface area contributed by atoms with E-state index in [4.69, 9.17) is 0 Å². The number of rotatable bonds is 5. The number of carbonyl (C=O) groups is 1. The fourth-order valence-electron chi connectivity index (χ4n) is 3.37. The molecule has 2 atom stereocenters. The highest BCUT2D eigenvalue weighted by atomic mass is 16.1. The van der Waals surface area contributed by atoms with Crippen LogP contribution in [-0.4, -0.2) is 43.0 Å². The van der Waals surface area contributed by atoms with Crippen molar-refractivity contribution in [2.24, 2.45) is 5.92 Å². The summed E-state index contributed by atoms with van der Waals surface area (Å²) in [6.07, 6.45) is 2.89. The van der Waals surface area contributed by atoms with Gasteiger partial charge in [0.15, 0.2) is 0 Å². The number of carbonyl (C=O) groups excluding carboxylic acids is 1. The SMILES string of the molecule is O=C(CC1CCNC1)NC1CCN(Cc2ccccc2)C1. The molecule has 21 heavy (non-hydrogen) atoms. The van der Waals surface area contributed by atoms with Crippen molar-refractivity contribution < 1.29 is 4.79 Å². The van der Waals surface area contributed by atoms with Gasteiger partial charge in [-0.05, 0) is 37.4 Å². The first-order valence-electron chi connectivity index (χ1n) is 8.06. The molecule has 0 saturated carbocycles. The number of amides is 1. The van der Waals surface area contributed by atoms with Crippen LogP contribution in [0.15, 0.2) is 30.3 Å². The van der Waals surface area contributed by atoms with E-state index in [0.717, 1.165) is 45.6 Å². The Hall–Kier alpha value is -1.39. The van der Waals surface area contributed by atoms with E-state index in [2.05, 4.69) is 39.8 Å². The number of hydrogen-bond acceptors (Lipinski definition) is 3. The fraction of sp³-hybridized carbons (Fsp3) is 0.588. The summed E-state index contributed by atoms with van der Waals surface area (Å²) in [6.45, 7) is 5.10.